The number of hydrogen-bond acceptors (Lipinski definition) is 4. The maximum atomic E-state index is 12.7. The highest BCUT2D eigenvalue weighted by molar-refractivity contribution is 9.10. The van der Waals surface area contributed by atoms with E-state index in [-0.39, 0.29) is 17.7 Å². The van der Waals surface area contributed by atoms with Crippen molar-refractivity contribution in [1.82, 2.24) is 9.88 Å². The van der Waals surface area contributed by atoms with Crippen LogP contribution in [0.1, 0.15) is 35.9 Å². The minimum absolute atomic E-state index is 0.0276. The van der Waals surface area contributed by atoms with E-state index in [1.54, 1.807) is 23.2 Å². The van der Waals surface area contributed by atoms with Crippen LogP contribution in [0, 0.1) is 0 Å². The quantitative estimate of drug-likeness (QED) is 0.591. The van der Waals surface area contributed by atoms with Crippen molar-refractivity contribution < 1.29 is 18.3 Å². The largest absolute Gasteiger partial charge is 0.434 e. The Labute approximate surface area is 162 Å². The van der Waals surface area contributed by atoms with Crippen molar-refractivity contribution in [3.05, 3.63) is 50.9 Å². The van der Waals surface area contributed by atoms with Crippen LogP contribution in [0.5, 0.6) is 5.75 Å². The predicted octanol–water partition coefficient (Wildman–Crippen LogP) is 5.27. The topological polar surface area (TPSA) is 42.4 Å². The lowest BCUT2D eigenvalue weighted by atomic mass is 10.0. The SMILES string of the molecule is O=C(/C=C/c1cc(Br)ccc1OC(F)F)N1CCCCC1c1nccs1. The van der Waals surface area contributed by atoms with Crippen LogP contribution in [0.2, 0.25) is 0 Å². The fourth-order valence-corrected chi connectivity index (χ4v) is 4.12. The molecule has 0 N–H and O–H groups in total. The van der Waals surface area contributed by atoms with Gasteiger partial charge >= 0.3 is 6.61 Å². The van der Waals surface area contributed by atoms with Gasteiger partial charge in [0, 0.05) is 34.2 Å². The summed E-state index contributed by atoms with van der Waals surface area (Å²) in [5, 5.41) is 2.83. The standard InChI is InChI=1S/C18H17BrF2N2O2S/c19-13-5-6-15(25-18(20)21)12(11-13)4-7-16(24)23-9-2-1-3-14(23)17-22-8-10-26-17/h4-8,10-11,14,18H,1-3,9H2/b7-4+. The number of amides is 1. The Morgan fingerprint density at radius 3 is 3.00 bits per heavy atom. The number of piperidine rings is 1. The number of carbonyl (C=O) groups is 1. The summed E-state index contributed by atoms with van der Waals surface area (Å²) in [5.41, 5.74) is 0.413. The molecule has 138 valence electrons. The zero-order valence-electron chi connectivity index (χ0n) is 13.8. The first-order valence-corrected chi connectivity index (χ1v) is 9.84. The maximum Gasteiger partial charge on any atom is 0.387 e. The molecule has 0 aliphatic carbocycles. The van der Waals surface area contributed by atoms with Crippen LogP contribution in [0.15, 0.2) is 40.3 Å². The summed E-state index contributed by atoms with van der Waals surface area (Å²) in [6, 6.07) is 4.66. The predicted molar refractivity (Wildman–Crippen MR) is 100 cm³/mol. The number of hydrogen-bond donors (Lipinski definition) is 0. The van der Waals surface area contributed by atoms with Crippen molar-refractivity contribution in [2.24, 2.45) is 0 Å². The molecule has 1 unspecified atom stereocenters. The first-order chi connectivity index (χ1) is 12.5. The van der Waals surface area contributed by atoms with E-state index in [2.05, 4.69) is 25.7 Å². The molecule has 1 aliphatic rings. The number of alkyl halides is 2. The molecule has 0 spiro atoms. The zero-order valence-corrected chi connectivity index (χ0v) is 16.2. The average molecular weight is 443 g/mol. The Bertz CT molecular complexity index is 784. The maximum absolute atomic E-state index is 12.7. The Balaban J connectivity index is 1.79. The van der Waals surface area contributed by atoms with Gasteiger partial charge in [-0.05, 0) is 43.5 Å². The summed E-state index contributed by atoms with van der Waals surface area (Å²) in [6.45, 7) is -2.26. The van der Waals surface area contributed by atoms with Crippen LogP contribution in [-0.2, 0) is 4.79 Å². The molecule has 0 saturated carbocycles. The number of aromatic nitrogens is 1. The van der Waals surface area contributed by atoms with Gasteiger partial charge < -0.3 is 9.64 Å². The molecule has 3 rings (SSSR count). The molecule has 1 aliphatic heterocycles. The number of likely N-dealkylation sites (tertiary alicyclic amines) is 1. The molecule has 0 bridgehead atoms. The van der Waals surface area contributed by atoms with E-state index in [0.717, 1.165) is 24.3 Å². The second-order valence-corrected chi connectivity index (χ2v) is 7.65. The summed E-state index contributed by atoms with van der Waals surface area (Å²) >= 11 is 4.84. The van der Waals surface area contributed by atoms with Crippen molar-refractivity contribution in [2.75, 3.05) is 6.54 Å². The Morgan fingerprint density at radius 2 is 2.27 bits per heavy atom. The molecule has 1 fully saturated rings. The van der Waals surface area contributed by atoms with Crippen molar-refractivity contribution in [2.45, 2.75) is 31.9 Å². The van der Waals surface area contributed by atoms with Gasteiger partial charge in [-0.15, -0.1) is 11.3 Å². The van der Waals surface area contributed by atoms with E-state index in [9.17, 15) is 13.6 Å². The average Bonchev–Trinajstić information content (AvgIpc) is 3.16. The molecular weight excluding hydrogens is 426 g/mol. The Hall–Kier alpha value is -1.80. The van der Waals surface area contributed by atoms with E-state index < -0.39 is 6.61 Å². The highest BCUT2D eigenvalue weighted by Gasteiger charge is 2.28. The molecule has 1 aromatic carbocycles. The van der Waals surface area contributed by atoms with Crippen molar-refractivity contribution in [1.29, 1.82) is 0 Å². The zero-order chi connectivity index (χ0) is 18.5. The van der Waals surface area contributed by atoms with Gasteiger partial charge in [0.05, 0.1) is 6.04 Å². The van der Waals surface area contributed by atoms with Gasteiger partial charge in [-0.3, -0.25) is 4.79 Å². The monoisotopic (exact) mass is 442 g/mol. The minimum atomic E-state index is -2.92. The summed E-state index contributed by atoms with van der Waals surface area (Å²) in [4.78, 5) is 18.8. The van der Waals surface area contributed by atoms with Crippen LogP contribution >= 0.6 is 27.3 Å². The van der Waals surface area contributed by atoms with Gasteiger partial charge in [0.15, 0.2) is 0 Å². The summed E-state index contributed by atoms with van der Waals surface area (Å²) in [6.07, 6.45) is 7.53. The third-order valence-corrected chi connectivity index (χ3v) is 5.49. The van der Waals surface area contributed by atoms with E-state index in [0.29, 0.717) is 16.6 Å². The molecule has 2 aromatic rings. The molecule has 26 heavy (non-hydrogen) atoms. The number of benzene rings is 1. The number of carbonyl (C=O) groups excluding carboxylic acids is 1. The molecule has 0 radical (unpaired) electrons. The fraction of sp³-hybridized carbons (Fsp3) is 0.333. The third kappa shape index (κ3) is 4.67. The van der Waals surface area contributed by atoms with Crippen LogP contribution in [0.4, 0.5) is 8.78 Å². The first kappa shape index (κ1) is 19.0. The molecule has 1 aromatic heterocycles. The lowest BCUT2D eigenvalue weighted by Crippen LogP contribution is -2.37. The van der Waals surface area contributed by atoms with Crippen LogP contribution < -0.4 is 4.74 Å². The molecule has 1 atom stereocenters. The molecule has 8 heteroatoms. The normalized spacial score (nSPS) is 17.8. The van der Waals surface area contributed by atoms with E-state index >= 15 is 0 Å². The fourth-order valence-electron chi connectivity index (χ4n) is 2.96. The number of rotatable bonds is 5. The molecule has 1 amide bonds. The minimum Gasteiger partial charge on any atom is -0.434 e. The molecule has 2 heterocycles. The second kappa shape index (κ2) is 8.73. The number of nitrogens with zero attached hydrogens (tertiary/aromatic N) is 2. The smallest absolute Gasteiger partial charge is 0.387 e. The highest BCUT2D eigenvalue weighted by atomic mass is 79.9. The number of thiazole rings is 1. The van der Waals surface area contributed by atoms with Gasteiger partial charge in [0.1, 0.15) is 10.8 Å². The Morgan fingerprint density at radius 1 is 1.42 bits per heavy atom. The van der Waals surface area contributed by atoms with E-state index in [4.69, 9.17) is 0 Å². The van der Waals surface area contributed by atoms with Gasteiger partial charge in [-0.25, -0.2) is 4.98 Å². The number of halogens is 3. The van der Waals surface area contributed by atoms with Crippen molar-refractivity contribution in [3.8, 4) is 5.75 Å². The van der Waals surface area contributed by atoms with Gasteiger partial charge in [-0.2, -0.15) is 8.78 Å². The lowest BCUT2D eigenvalue weighted by molar-refractivity contribution is -0.129. The molecule has 4 nitrogen and oxygen atoms in total. The van der Waals surface area contributed by atoms with E-state index in [1.807, 2.05) is 5.38 Å². The van der Waals surface area contributed by atoms with Gasteiger partial charge in [0.2, 0.25) is 5.91 Å². The summed E-state index contributed by atoms with van der Waals surface area (Å²) in [5.74, 6) is -0.129. The summed E-state index contributed by atoms with van der Waals surface area (Å²) in [7, 11) is 0. The molecular formula is C18H17BrF2N2O2S. The van der Waals surface area contributed by atoms with E-state index in [1.165, 1.54) is 29.6 Å². The van der Waals surface area contributed by atoms with Crippen LogP contribution in [-0.4, -0.2) is 28.9 Å². The number of ether oxygens (including phenoxy) is 1. The summed E-state index contributed by atoms with van der Waals surface area (Å²) < 4.78 is 30.4. The highest BCUT2D eigenvalue weighted by Crippen LogP contribution is 2.32. The van der Waals surface area contributed by atoms with Gasteiger partial charge in [-0.1, -0.05) is 15.9 Å². The van der Waals surface area contributed by atoms with Crippen LogP contribution in [0.3, 0.4) is 0 Å². The van der Waals surface area contributed by atoms with Gasteiger partial charge in [0.25, 0.3) is 0 Å². The lowest BCUT2D eigenvalue weighted by Gasteiger charge is -2.33. The third-order valence-electron chi connectivity index (χ3n) is 4.12. The van der Waals surface area contributed by atoms with Crippen LogP contribution in [0.25, 0.3) is 6.08 Å². The Kier molecular flexibility index (Phi) is 6.37. The second-order valence-electron chi connectivity index (χ2n) is 5.81. The molecule has 1 saturated heterocycles. The van der Waals surface area contributed by atoms with Crippen molar-refractivity contribution in [3.63, 3.8) is 0 Å². The van der Waals surface area contributed by atoms with Crippen molar-refractivity contribution >= 4 is 39.2 Å². The first-order valence-electron chi connectivity index (χ1n) is 8.17.